The normalized spacial score (nSPS) is 19.4. The second-order valence-corrected chi connectivity index (χ2v) is 12.0. The molecule has 0 spiro atoms. The van der Waals surface area contributed by atoms with E-state index >= 15 is 0 Å². The van der Waals surface area contributed by atoms with Crippen molar-refractivity contribution in [2.75, 3.05) is 0 Å². The van der Waals surface area contributed by atoms with E-state index in [1.54, 1.807) is 10.4 Å². The molecule has 0 nitrogen and oxygen atoms in total. The Balaban J connectivity index is 2.12. The van der Waals surface area contributed by atoms with E-state index in [1.165, 1.54) is 22.3 Å². The average molecular weight is 341 g/mol. The van der Waals surface area contributed by atoms with Gasteiger partial charge in [-0.05, 0) is 38.2 Å². The van der Waals surface area contributed by atoms with Crippen molar-refractivity contribution >= 4 is 24.0 Å². The van der Waals surface area contributed by atoms with Crippen LogP contribution in [0.15, 0.2) is 84.9 Å². The minimum Gasteiger partial charge on any atom is -0.0646 e. The molecule has 1 heteroatoms. The Kier molecular flexibility index (Phi) is 3.97. The molecule has 1 aliphatic rings. The maximum Gasteiger partial charge on any atom is 0.120 e. The summed E-state index contributed by atoms with van der Waals surface area (Å²) in [6.45, 7) is 7.36. The van der Waals surface area contributed by atoms with Crippen molar-refractivity contribution < 1.29 is 0 Å². The molecule has 1 unspecified atom stereocenters. The standard InChI is InChI=1S/C24H24Si/c1-18(2)25(3)22-17-11-10-16-21(22)23(19-12-6-4-7-13-19)24(25)20-14-8-5-9-15-20/h4-18H,1-3H3. The van der Waals surface area contributed by atoms with E-state index in [0.717, 1.165) is 0 Å². The monoisotopic (exact) mass is 340 g/mol. The Hall–Kier alpha value is -2.38. The smallest absolute Gasteiger partial charge is 0.0646 e. The van der Waals surface area contributed by atoms with Crippen LogP contribution in [0.25, 0.3) is 10.8 Å². The molecule has 0 saturated carbocycles. The van der Waals surface area contributed by atoms with E-state index < -0.39 is 8.07 Å². The van der Waals surface area contributed by atoms with Crippen molar-refractivity contribution in [2.24, 2.45) is 0 Å². The highest BCUT2D eigenvalue weighted by molar-refractivity contribution is 7.09. The van der Waals surface area contributed by atoms with E-state index in [0.29, 0.717) is 5.54 Å². The van der Waals surface area contributed by atoms with Gasteiger partial charge in [-0.15, -0.1) is 0 Å². The predicted molar refractivity (Wildman–Crippen MR) is 112 cm³/mol. The third-order valence-corrected chi connectivity index (χ3v) is 11.2. The molecule has 1 heterocycles. The second-order valence-electron chi connectivity index (χ2n) is 7.38. The average Bonchev–Trinajstić information content (AvgIpc) is 2.94. The first-order chi connectivity index (χ1) is 12.1. The number of hydrogen-bond acceptors (Lipinski definition) is 0. The van der Waals surface area contributed by atoms with Gasteiger partial charge in [-0.2, -0.15) is 0 Å². The molecular formula is C24H24Si. The lowest BCUT2D eigenvalue weighted by molar-refractivity contribution is 1.03. The third kappa shape index (κ3) is 2.42. The van der Waals surface area contributed by atoms with Gasteiger partial charge in [0.2, 0.25) is 0 Å². The Labute approximate surface area is 151 Å². The Morgan fingerprint density at radius 3 is 1.76 bits per heavy atom. The van der Waals surface area contributed by atoms with Crippen molar-refractivity contribution in [1.82, 2.24) is 0 Å². The van der Waals surface area contributed by atoms with Crippen LogP contribution in [0.3, 0.4) is 0 Å². The van der Waals surface area contributed by atoms with E-state index in [4.69, 9.17) is 0 Å². The van der Waals surface area contributed by atoms with Crippen molar-refractivity contribution in [2.45, 2.75) is 25.9 Å². The minimum absolute atomic E-state index is 0.644. The van der Waals surface area contributed by atoms with Crippen molar-refractivity contribution in [3.05, 3.63) is 102 Å². The first-order valence-electron chi connectivity index (χ1n) is 9.09. The SMILES string of the molecule is CC(C)[Si]1(C)C(c2ccccc2)=C(c2ccccc2)c2ccccc21. The summed E-state index contributed by atoms with van der Waals surface area (Å²) in [7, 11) is -1.82. The molecule has 0 fully saturated rings. The molecule has 0 aromatic heterocycles. The topological polar surface area (TPSA) is 0 Å². The van der Waals surface area contributed by atoms with Crippen LogP contribution in [0.1, 0.15) is 30.5 Å². The summed E-state index contributed by atoms with van der Waals surface area (Å²) < 4.78 is 0. The van der Waals surface area contributed by atoms with Gasteiger partial charge in [0.25, 0.3) is 0 Å². The number of fused-ring (bicyclic) bond motifs is 1. The molecule has 0 radical (unpaired) electrons. The highest BCUT2D eigenvalue weighted by atomic mass is 28.3. The summed E-state index contributed by atoms with van der Waals surface area (Å²) in [5.41, 5.74) is 6.26. The van der Waals surface area contributed by atoms with Gasteiger partial charge in [-0.1, -0.05) is 105 Å². The summed E-state index contributed by atoms with van der Waals surface area (Å²) in [6.07, 6.45) is 0. The summed E-state index contributed by atoms with van der Waals surface area (Å²) >= 11 is 0. The third-order valence-electron chi connectivity index (χ3n) is 5.80. The fourth-order valence-electron chi connectivity index (χ4n) is 4.24. The molecule has 0 amide bonds. The molecule has 3 aromatic rings. The molecule has 124 valence electrons. The van der Waals surface area contributed by atoms with Crippen LogP contribution >= 0.6 is 0 Å². The van der Waals surface area contributed by atoms with Crippen molar-refractivity contribution in [1.29, 1.82) is 0 Å². The summed E-state index contributed by atoms with van der Waals surface area (Å²) in [5, 5.41) is 3.18. The van der Waals surface area contributed by atoms with Crippen LogP contribution in [0.5, 0.6) is 0 Å². The lowest BCUT2D eigenvalue weighted by Gasteiger charge is -2.32. The van der Waals surface area contributed by atoms with Crippen LogP contribution in [0, 0.1) is 0 Å². The zero-order valence-electron chi connectivity index (χ0n) is 15.2. The minimum atomic E-state index is -1.82. The Morgan fingerprint density at radius 2 is 1.16 bits per heavy atom. The lowest BCUT2D eigenvalue weighted by Crippen LogP contribution is -2.47. The van der Waals surface area contributed by atoms with Crippen LogP contribution in [-0.4, -0.2) is 8.07 Å². The summed E-state index contributed by atoms with van der Waals surface area (Å²) in [4.78, 5) is 0. The van der Waals surface area contributed by atoms with Crippen molar-refractivity contribution in [3.8, 4) is 0 Å². The molecule has 0 N–H and O–H groups in total. The molecule has 1 aliphatic heterocycles. The van der Waals surface area contributed by atoms with Gasteiger partial charge in [0.15, 0.2) is 0 Å². The van der Waals surface area contributed by atoms with Gasteiger partial charge in [-0.3, -0.25) is 0 Å². The maximum atomic E-state index is 2.55. The maximum absolute atomic E-state index is 2.55. The molecular weight excluding hydrogens is 316 g/mol. The fraction of sp³-hybridized carbons (Fsp3) is 0.167. The second kappa shape index (κ2) is 6.16. The highest BCUT2D eigenvalue weighted by Crippen LogP contribution is 2.47. The number of benzene rings is 3. The Morgan fingerprint density at radius 1 is 0.640 bits per heavy atom. The molecule has 3 aromatic carbocycles. The van der Waals surface area contributed by atoms with Crippen molar-refractivity contribution in [3.63, 3.8) is 0 Å². The molecule has 25 heavy (non-hydrogen) atoms. The van der Waals surface area contributed by atoms with E-state index in [9.17, 15) is 0 Å². The van der Waals surface area contributed by atoms with E-state index in [1.807, 2.05) is 0 Å². The molecule has 0 aliphatic carbocycles. The van der Waals surface area contributed by atoms with Gasteiger partial charge < -0.3 is 0 Å². The van der Waals surface area contributed by atoms with Gasteiger partial charge in [0.1, 0.15) is 8.07 Å². The molecule has 0 bridgehead atoms. The first kappa shape index (κ1) is 16.1. The molecule has 4 rings (SSSR count). The van der Waals surface area contributed by atoms with Gasteiger partial charge in [-0.25, -0.2) is 0 Å². The number of rotatable bonds is 3. The van der Waals surface area contributed by atoms with E-state index in [-0.39, 0.29) is 0 Å². The highest BCUT2D eigenvalue weighted by Gasteiger charge is 2.46. The fourth-order valence-corrected chi connectivity index (χ4v) is 8.48. The Bertz CT molecular complexity index is 923. The van der Waals surface area contributed by atoms with Crippen LogP contribution in [-0.2, 0) is 0 Å². The van der Waals surface area contributed by atoms with Crippen LogP contribution < -0.4 is 5.19 Å². The lowest BCUT2D eigenvalue weighted by atomic mass is 9.96. The first-order valence-corrected chi connectivity index (χ1v) is 11.7. The molecule has 0 saturated heterocycles. The number of hydrogen-bond donors (Lipinski definition) is 0. The zero-order valence-corrected chi connectivity index (χ0v) is 16.2. The predicted octanol–water partition coefficient (Wildman–Crippen LogP) is 5.89. The molecule has 1 atom stereocenters. The van der Waals surface area contributed by atoms with Crippen LogP contribution in [0.4, 0.5) is 0 Å². The summed E-state index contributed by atoms with van der Waals surface area (Å²) in [5.74, 6) is 0. The van der Waals surface area contributed by atoms with Crippen LogP contribution in [0.2, 0.25) is 12.1 Å². The zero-order chi connectivity index (χ0) is 17.4. The van der Waals surface area contributed by atoms with Gasteiger partial charge >= 0.3 is 0 Å². The quantitative estimate of drug-likeness (QED) is 0.521. The largest absolute Gasteiger partial charge is 0.120 e. The summed E-state index contributed by atoms with van der Waals surface area (Å²) in [6, 6.07) is 31.1. The van der Waals surface area contributed by atoms with E-state index in [2.05, 4.69) is 105 Å². The van der Waals surface area contributed by atoms with Gasteiger partial charge in [0, 0.05) is 0 Å². The van der Waals surface area contributed by atoms with Gasteiger partial charge in [0.05, 0.1) is 0 Å².